The Morgan fingerprint density at radius 1 is 1.05 bits per heavy atom. The van der Waals surface area contributed by atoms with Gasteiger partial charge in [0, 0.05) is 0 Å². The zero-order valence-corrected chi connectivity index (χ0v) is 12.8. The molecule has 0 bridgehead atoms. The molecular formula is C18H20FNO. The lowest BCUT2D eigenvalue weighted by atomic mass is 9.96. The van der Waals surface area contributed by atoms with Gasteiger partial charge in [0.05, 0.1) is 11.6 Å². The highest BCUT2D eigenvalue weighted by Gasteiger charge is 2.16. The summed E-state index contributed by atoms with van der Waals surface area (Å²) in [5, 5.41) is 2.86. The van der Waals surface area contributed by atoms with Crippen molar-refractivity contribution in [1.29, 1.82) is 0 Å². The number of aryl methyl sites for hydroxylation is 3. The first-order valence-corrected chi connectivity index (χ1v) is 7.03. The summed E-state index contributed by atoms with van der Waals surface area (Å²) in [6.45, 7) is 8.04. The van der Waals surface area contributed by atoms with Crippen molar-refractivity contribution in [3.63, 3.8) is 0 Å². The van der Waals surface area contributed by atoms with Gasteiger partial charge in [-0.3, -0.25) is 4.79 Å². The molecule has 110 valence electrons. The second kappa shape index (κ2) is 6.08. The summed E-state index contributed by atoms with van der Waals surface area (Å²) < 4.78 is 13.6. The summed E-state index contributed by atoms with van der Waals surface area (Å²) in [4.78, 5) is 12.2. The van der Waals surface area contributed by atoms with E-state index in [0.717, 1.165) is 11.1 Å². The Bertz CT molecular complexity index is 679. The van der Waals surface area contributed by atoms with Crippen LogP contribution < -0.4 is 5.32 Å². The van der Waals surface area contributed by atoms with Gasteiger partial charge in [0.15, 0.2) is 0 Å². The molecule has 0 heterocycles. The fourth-order valence-electron chi connectivity index (χ4n) is 2.45. The van der Waals surface area contributed by atoms with Gasteiger partial charge >= 0.3 is 0 Å². The first-order valence-electron chi connectivity index (χ1n) is 7.03. The van der Waals surface area contributed by atoms with Crippen molar-refractivity contribution in [2.75, 3.05) is 0 Å². The molecule has 2 rings (SSSR count). The molecule has 0 radical (unpaired) electrons. The van der Waals surface area contributed by atoms with E-state index >= 15 is 0 Å². The Kier molecular flexibility index (Phi) is 4.41. The third-order valence-corrected chi connectivity index (χ3v) is 3.81. The summed E-state index contributed by atoms with van der Waals surface area (Å²) >= 11 is 0. The van der Waals surface area contributed by atoms with E-state index in [2.05, 4.69) is 24.4 Å². The Hall–Kier alpha value is -2.16. The van der Waals surface area contributed by atoms with E-state index in [1.165, 1.54) is 23.3 Å². The maximum Gasteiger partial charge on any atom is 0.254 e. The number of hydrogen-bond acceptors (Lipinski definition) is 1. The molecule has 0 spiro atoms. The molecule has 0 fully saturated rings. The molecule has 0 unspecified atom stereocenters. The van der Waals surface area contributed by atoms with Crippen LogP contribution >= 0.6 is 0 Å². The average molecular weight is 285 g/mol. The number of carbonyl (C=O) groups is 1. The summed E-state index contributed by atoms with van der Waals surface area (Å²) in [7, 11) is 0. The lowest BCUT2D eigenvalue weighted by molar-refractivity contribution is 0.0935. The molecule has 2 aromatic carbocycles. The van der Waals surface area contributed by atoms with Crippen LogP contribution in [0.3, 0.4) is 0 Å². The van der Waals surface area contributed by atoms with Gasteiger partial charge in [-0.1, -0.05) is 24.3 Å². The number of nitrogens with one attached hydrogen (secondary N) is 1. The molecule has 1 amide bonds. The monoisotopic (exact) mass is 285 g/mol. The first-order chi connectivity index (χ1) is 9.90. The number of rotatable bonds is 3. The smallest absolute Gasteiger partial charge is 0.254 e. The minimum atomic E-state index is -0.501. The van der Waals surface area contributed by atoms with Crippen molar-refractivity contribution in [2.24, 2.45) is 0 Å². The van der Waals surface area contributed by atoms with Crippen LogP contribution in [0.25, 0.3) is 0 Å². The lowest BCUT2D eigenvalue weighted by Crippen LogP contribution is -2.28. The molecular weight excluding hydrogens is 265 g/mol. The van der Waals surface area contributed by atoms with Crippen LogP contribution in [0.15, 0.2) is 36.4 Å². The topological polar surface area (TPSA) is 29.1 Å². The third-order valence-electron chi connectivity index (χ3n) is 3.81. The van der Waals surface area contributed by atoms with E-state index in [4.69, 9.17) is 0 Å². The van der Waals surface area contributed by atoms with Gasteiger partial charge in [-0.15, -0.1) is 0 Å². The van der Waals surface area contributed by atoms with Crippen molar-refractivity contribution in [1.82, 2.24) is 5.32 Å². The number of carbonyl (C=O) groups excluding carboxylic acids is 1. The zero-order valence-electron chi connectivity index (χ0n) is 12.8. The van der Waals surface area contributed by atoms with Crippen LogP contribution in [0.1, 0.15) is 45.6 Å². The highest BCUT2D eigenvalue weighted by molar-refractivity contribution is 5.94. The van der Waals surface area contributed by atoms with Gasteiger partial charge < -0.3 is 5.32 Å². The third kappa shape index (κ3) is 3.30. The fraction of sp³-hybridized carbons (Fsp3) is 0.278. The van der Waals surface area contributed by atoms with Crippen molar-refractivity contribution in [3.8, 4) is 0 Å². The molecule has 0 aliphatic carbocycles. The minimum absolute atomic E-state index is 0.0748. The predicted molar refractivity (Wildman–Crippen MR) is 82.9 cm³/mol. The van der Waals surface area contributed by atoms with Gasteiger partial charge in [0.2, 0.25) is 0 Å². The lowest BCUT2D eigenvalue weighted by Gasteiger charge is -2.18. The van der Waals surface area contributed by atoms with Crippen LogP contribution in [0.2, 0.25) is 0 Å². The van der Waals surface area contributed by atoms with E-state index in [1.54, 1.807) is 12.1 Å². The van der Waals surface area contributed by atoms with E-state index in [-0.39, 0.29) is 11.6 Å². The van der Waals surface area contributed by atoms with Gasteiger partial charge in [-0.05, 0) is 62.1 Å². The van der Waals surface area contributed by atoms with Gasteiger partial charge in [0.1, 0.15) is 5.82 Å². The average Bonchev–Trinajstić information content (AvgIpc) is 2.43. The van der Waals surface area contributed by atoms with Crippen LogP contribution in [-0.4, -0.2) is 5.91 Å². The second-order valence-corrected chi connectivity index (χ2v) is 5.47. The minimum Gasteiger partial charge on any atom is -0.345 e. The maximum absolute atomic E-state index is 13.6. The van der Waals surface area contributed by atoms with Crippen LogP contribution in [-0.2, 0) is 0 Å². The van der Waals surface area contributed by atoms with Gasteiger partial charge in [-0.2, -0.15) is 0 Å². The molecule has 0 aliphatic rings. The molecule has 2 aromatic rings. The van der Waals surface area contributed by atoms with E-state index in [9.17, 15) is 9.18 Å². The number of amides is 1. The summed E-state index contributed by atoms with van der Waals surface area (Å²) in [5.41, 5.74) is 4.67. The second-order valence-electron chi connectivity index (χ2n) is 5.47. The largest absolute Gasteiger partial charge is 0.345 e. The van der Waals surface area contributed by atoms with Crippen LogP contribution in [0.5, 0.6) is 0 Å². The molecule has 0 saturated heterocycles. The zero-order chi connectivity index (χ0) is 15.6. The van der Waals surface area contributed by atoms with Crippen molar-refractivity contribution in [3.05, 3.63) is 70.0 Å². The molecule has 2 nitrogen and oxygen atoms in total. The highest BCUT2D eigenvalue weighted by atomic mass is 19.1. The normalized spacial score (nSPS) is 12.0. The summed E-state index contributed by atoms with van der Waals surface area (Å²) in [6.07, 6.45) is 0. The molecule has 1 atom stereocenters. The van der Waals surface area contributed by atoms with Gasteiger partial charge in [0.25, 0.3) is 5.91 Å². The summed E-state index contributed by atoms with van der Waals surface area (Å²) in [6, 6.07) is 10.0. The van der Waals surface area contributed by atoms with Crippen molar-refractivity contribution in [2.45, 2.75) is 33.7 Å². The Morgan fingerprint density at radius 2 is 1.67 bits per heavy atom. The number of benzene rings is 2. The Balaban J connectivity index is 2.22. The van der Waals surface area contributed by atoms with Crippen LogP contribution in [0.4, 0.5) is 4.39 Å². The fourth-order valence-corrected chi connectivity index (χ4v) is 2.45. The van der Waals surface area contributed by atoms with Crippen molar-refractivity contribution < 1.29 is 9.18 Å². The van der Waals surface area contributed by atoms with E-state index in [0.29, 0.717) is 0 Å². The van der Waals surface area contributed by atoms with Crippen LogP contribution in [0, 0.1) is 26.6 Å². The van der Waals surface area contributed by atoms with E-state index in [1.807, 2.05) is 20.8 Å². The standard InChI is InChI=1S/C18H20FNO/c1-11-9-13(3)16(10-12(11)2)14(4)20-18(21)15-7-5-6-8-17(15)19/h5-10,14H,1-4H3,(H,20,21)/t14-/m1/s1. The van der Waals surface area contributed by atoms with E-state index < -0.39 is 11.7 Å². The first kappa shape index (κ1) is 15.2. The number of halogens is 1. The Labute approximate surface area is 125 Å². The maximum atomic E-state index is 13.6. The molecule has 21 heavy (non-hydrogen) atoms. The van der Waals surface area contributed by atoms with Gasteiger partial charge in [-0.25, -0.2) is 4.39 Å². The predicted octanol–water partition coefficient (Wildman–Crippen LogP) is 4.24. The highest BCUT2D eigenvalue weighted by Crippen LogP contribution is 2.22. The molecule has 0 aliphatic heterocycles. The summed E-state index contributed by atoms with van der Waals surface area (Å²) in [5.74, 6) is -0.891. The molecule has 0 aromatic heterocycles. The molecule has 3 heteroatoms. The molecule has 1 N–H and O–H groups in total. The Morgan fingerprint density at radius 3 is 2.33 bits per heavy atom. The molecule has 0 saturated carbocycles. The van der Waals surface area contributed by atoms with Crippen molar-refractivity contribution >= 4 is 5.91 Å². The number of hydrogen-bond donors (Lipinski definition) is 1. The quantitative estimate of drug-likeness (QED) is 0.897. The SMILES string of the molecule is Cc1cc(C)c([C@@H](C)NC(=O)c2ccccc2F)cc1C.